The number of nitrogens with one attached hydrogen (secondary N) is 1. The maximum absolute atomic E-state index is 13.4. The molecule has 1 atom stereocenters. The fourth-order valence-corrected chi connectivity index (χ4v) is 2.70. The number of methoxy groups -OCH3 is 1. The summed E-state index contributed by atoms with van der Waals surface area (Å²) in [4.78, 5) is 0. The van der Waals surface area contributed by atoms with Crippen molar-refractivity contribution in [3.05, 3.63) is 53.3 Å². The van der Waals surface area contributed by atoms with Crippen LogP contribution in [0.4, 0.5) is 10.1 Å². The molecule has 20 heavy (non-hydrogen) atoms. The first-order valence-corrected chi connectivity index (χ1v) is 6.59. The molecule has 0 heterocycles. The first-order chi connectivity index (χ1) is 9.67. The van der Waals surface area contributed by atoms with Gasteiger partial charge in [0.05, 0.1) is 13.2 Å². The van der Waals surface area contributed by atoms with Gasteiger partial charge in [-0.1, -0.05) is 6.07 Å². The Bertz CT molecular complexity index is 642. The third kappa shape index (κ3) is 2.29. The highest BCUT2D eigenvalue weighted by Crippen LogP contribution is 2.36. The summed E-state index contributed by atoms with van der Waals surface area (Å²) >= 11 is 0. The van der Waals surface area contributed by atoms with E-state index in [4.69, 9.17) is 4.74 Å². The van der Waals surface area contributed by atoms with Crippen LogP contribution in [-0.4, -0.2) is 12.2 Å². The zero-order valence-electron chi connectivity index (χ0n) is 11.2. The van der Waals surface area contributed by atoms with Crippen LogP contribution in [0.5, 0.6) is 11.5 Å². The van der Waals surface area contributed by atoms with E-state index in [1.165, 1.54) is 18.7 Å². The molecule has 1 aliphatic carbocycles. The number of phenolic OH excluding ortho intramolecular Hbond substituents is 1. The number of fused-ring (bicyclic) bond motifs is 1. The molecule has 0 spiro atoms. The van der Waals surface area contributed by atoms with Gasteiger partial charge in [-0.05, 0) is 48.2 Å². The number of hydrogen-bond acceptors (Lipinski definition) is 3. The molecule has 2 aromatic carbocycles. The van der Waals surface area contributed by atoms with Crippen LogP contribution in [0.15, 0.2) is 36.4 Å². The second-order valence-corrected chi connectivity index (χ2v) is 4.97. The molecule has 1 aliphatic rings. The average Bonchev–Trinajstić information content (AvgIpc) is 2.83. The van der Waals surface area contributed by atoms with Crippen molar-refractivity contribution < 1.29 is 14.2 Å². The van der Waals surface area contributed by atoms with Gasteiger partial charge in [0.2, 0.25) is 0 Å². The average molecular weight is 273 g/mol. The van der Waals surface area contributed by atoms with Gasteiger partial charge < -0.3 is 15.2 Å². The Hall–Kier alpha value is -2.23. The van der Waals surface area contributed by atoms with E-state index >= 15 is 0 Å². The van der Waals surface area contributed by atoms with Crippen LogP contribution < -0.4 is 10.1 Å². The van der Waals surface area contributed by atoms with Gasteiger partial charge in [-0.25, -0.2) is 4.39 Å². The molecular weight excluding hydrogens is 257 g/mol. The first kappa shape index (κ1) is 12.8. The predicted octanol–water partition coefficient (Wildman–Crippen LogP) is 3.64. The van der Waals surface area contributed by atoms with Crippen molar-refractivity contribution in [2.75, 3.05) is 12.4 Å². The van der Waals surface area contributed by atoms with Crippen LogP contribution in [-0.2, 0) is 6.42 Å². The molecule has 0 bridgehead atoms. The number of aryl methyl sites for hydroxylation is 1. The summed E-state index contributed by atoms with van der Waals surface area (Å²) in [5.74, 6) is 0.168. The fraction of sp³-hybridized carbons (Fsp3) is 0.250. The number of ether oxygens (including phenoxy) is 1. The van der Waals surface area contributed by atoms with Gasteiger partial charge in [0, 0.05) is 11.8 Å². The second-order valence-electron chi connectivity index (χ2n) is 4.97. The molecule has 3 nitrogen and oxygen atoms in total. The maximum atomic E-state index is 13.4. The summed E-state index contributed by atoms with van der Waals surface area (Å²) in [7, 11) is 1.45. The molecule has 4 heteroatoms. The highest BCUT2D eigenvalue weighted by atomic mass is 19.1. The lowest BCUT2D eigenvalue weighted by Gasteiger charge is -2.16. The van der Waals surface area contributed by atoms with Crippen LogP contribution in [0.3, 0.4) is 0 Å². The molecule has 104 valence electrons. The van der Waals surface area contributed by atoms with E-state index in [1.54, 1.807) is 18.2 Å². The number of aromatic hydroxyl groups is 1. The minimum Gasteiger partial charge on any atom is -0.508 e. The van der Waals surface area contributed by atoms with Gasteiger partial charge in [-0.2, -0.15) is 0 Å². The summed E-state index contributed by atoms with van der Waals surface area (Å²) in [5.41, 5.74) is 3.18. The Morgan fingerprint density at radius 3 is 2.90 bits per heavy atom. The Morgan fingerprint density at radius 2 is 2.10 bits per heavy atom. The van der Waals surface area contributed by atoms with Crippen LogP contribution >= 0.6 is 0 Å². The molecule has 3 rings (SSSR count). The molecule has 0 aromatic heterocycles. The van der Waals surface area contributed by atoms with E-state index in [0.29, 0.717) is 5.75 Å². The van der Waals surface area contributed by atoms with Gasteiger partial charge in [0.1, 0.15) is 5.75 Å². The molecule has 0 saturated carbocycles. The van der Waals surface area contributed by atoms with E-state index in [9.17, 15) is 9.50 Å². The van der Waals surface area contributed by atoms with Crippen LogP contribution in [0.1, 0.15) is 23.6 Å². The van der Waals surface area contributed by atoms with Crippen molar-refractivity contribution in [3.8, 4) is 11.5 Å². The van der Waals surface area contributed by atoms with E-state index in [1.807, 2.05) is 12.1 Å². The Kier molecular flexibility index (Phi) is 3.22. The smallest absolute Gasteiger partial charge is 0.165 e. The van der Waals surface area contributed by atoms with E-state index in [-0.39, 0.29) is 17.6 Å². The zero-order valence-corrected chi connectivity index (χ0v) is 11.2. The number of benzene rings is 2. The SMILES string of the molecule is COc1cc(NC2CCc3cc(O)ccc32)ccc1F. The Morgan fingerprint density at radius 1 is 1.25 bits per heavy atom. The minimum absolute atomic E-state index is 0.181. The zero-order chi connectivity index (χ0) is 14.1. The maximum Gasteiger partial charge on any atom is 0.165 e. The number of halogens is 1. The van der Waals surface area contributed by atoms with Crippen molar-refractivity contribution in [1.82, 2.24) is 0 Å². The summed E-state index contributed by atoms with van der Waals surface area (Å²) in [6.07, 6.45) is 1.89. The lowest BCUT2D eigenvalue weighted by atomic mass is 10.1. The molecular formula is C16H16FNO2. The number of rotatable bonds is 3. The Labute approximate surface area is 117 Å². The van der Waals surface area contributed by atoms with Gasteiger partial charge in [-0.15, -0.1) is 0 Å². The molecule has 0 aliphatic heterocycles. The molecule has 0 saturated heterocycles. The van der Waals surface area contributed by atoms with E-state index in [2.05, 4.69) is 5.32 Å². The van der Waals surface area contributed by atoms with Crippen LogP contribution in [0, 0.1) is 5.82 Å². The molecule has 2 aromatic rings. The van der Waals surface area contributed by atoms with Crippen molar-refractivity contribution in [2.24, 2.45) is 0 Å². The largest absolute Gasteiger partial charge is 0.508 e. The van der Waals surface area contributed by atoms with Gasteiger partial charge in [0.25, 0.3) is 0 Å². The Balaban J connectivity index is 1.84. The van der Waals surface area contributed by atoms with Crippen LogP contribution in [0.2, 0.25) is 0 Å². The lowest BCUT2D eigenvalue weighted by Crippen LogP contribution is -2.07. The molecule has 0 radical (unpaired) electrons. The molecule has 0 fully saturated rings. The molecule has 1 unspecified atom stereocenters. The molecule has 0 amide bonds. The summed E-state index contributed by atoms with van der Waals surface area (Å²) in [5, 5.41) is 12.9. The topological polar surface area (TPSA) is 41.5 Å². The van der Waals surface area contributed by atoms with Crippen molar-refractivity contribution in [1.29, 1.82) is 0 Å². The quantitative estimate of drug-likeness (QED) is 0.897. The summed E-state index contributed by atoms with van der Waals surface area (Å²) < 4.78 is 18.4. The second kappa shape index (κ2) is 5.04. The lowest BCUT2D eigenvalue weighted by molar-refractivity contribution is 0.386. The number of hydrogen-bond donors (Lipinski definition) is 2. The van der Waals surface area contributed by atoms with E-state index < -0.39 is 0 Å². The van der Waals surface area contributed by atoms with Crippen LogP contribution in [0.25, 0.3) is 0 Å². The number of anilines is 1. The van der Waals surface area contributed by atoms with E-state index in [0.717, 1.165) is 24.1 Å². The third-order valence-electron chi connectivity index (χ3n) is 3.70. The first-order valence-electron chi connectivity index (χ1n) is 6.59. The number of phenols is 1. The monoisotopic (exact) mass is 273 g/mol. The highest BCUT2D eigenvalue weighted by molar-refractivity contribution is 5.52. The van der Waals surface area contributed by atoms with Crippen molar-refractivity contribution >= 4 is 5.69 Å². The standard InChI is InChI=1S/C16H16FNO2/c1-20-16-9-11(3-6-14(16)17)18-15-7-2-10-8-12(19)4-5-13(10)15/h3-6,8-9,15,18-19H,2,7H2,1H3. The van der Waals surface area contributed by atoms with Crippen molar-refractivity contribution in [2.45, 2.75) is 18.9 Å². The molecule has 2 N–H and O–H groups in total. The van der Waals surface area contributed by atoms with Gasteiger partial charge in [0.15, 0.2) is 11.6 Å². The third-order valence-corrected chi connectivity index (χ3v) is 3.70. The fourth-order valence-electron chi connectivity index (χ4n) is 2.70. The summed E-state index contributed by atoms with van der Waals surface area (Å²) in [6.45, 7) is 0. The minimum atomic E-state index is -0.366. The van der Waals surface area contributed by atoms with Gasteiger partial charge in [-0.3, -0.25) is 0 Å². The summed E-state index contributed by atoms with van der Waals surface area (Å²) in [6, 6.07) is 10.4. The van der Waals surface area contributed by atoms with Gasteiger partial charge >= 0.3 is 0 Å². The predicted molar refractivity (Wildman–Crippen MR) is 75.7 cm³/mol. The highest BCUT2D eigenvalue weighted by Gasteiger charge is 2.22. The normalized spacial score (nSPS) is 16.8. The van der Waals surface area contributed by atoms with Crippen molar-refractivity contribution in [3.63, 3.8) is 0 Å².